The maximum Gasteiger partial charge on any atom is 0.418 e. The minimum Gasteiger partial charge on any atom is -0.459 e. The molecule has 0 spiro atoms. The first-order valence-corrected chi connectivity index (χ1v) is 6.32. The maximum absolute atomic E-state index is 13.0. The van der Waals surface area contributed by atoms with Crippen molar-refractivity contribution >= 4 is 17.3 Å². The summed E-state index contributed by atoms with van der Waals surface area (Å²) >= 11 is 0. The molecule has 0 radical (unpaired) electrons. The van der Waals surface area contributed by atoms with Crippen molar-refractivity contribution in [2.75, 3.05) is 23.8 Å². The molecule has 0 saturated carbocycles. The average Bonchev–Trinajstić information content (AvgIpc) is 2.99. The third-order valence-corrected chi connectivity index (χ3v) is 2.76. The standard InChI is InChI=1S/C14H13F3N2O3/c15-14(16,17)10-8-9(3-4-11(10)18-5-6-20)19-13(21)12-2-1-7-22-12/h1-4,7-8,18,20H,5-6H2,(H,19,21). The normalized spacial score (nSPS) is 11.3. The molecule has 1 heterocycles. The van der Waals surface area contributed by atoms with E-state index < -0.39 is 17.6 Å². The van der Waals surface area contributed by atoms with Crippen molar-refractivity contribution in [1.82, 2.24) is 0 Å². The molecule has 1 aromatic carbocycles. The first-order valence-electron chi connectivity index (χ1n) is 6.32. The minimum atomic E-state index is -4.59. The van der Waals surface area contributed by atoms with Crippen LogP contribution in [0.4, 0.5) is 24.5 Å². The topological polar surface area (TPSA) is 74.5 Å². The van der Waals surface area contributed by atoms with Crippen LogP contribution < -0.4 is 10.6 Å². The monoisotopic (exact) mass is 314 g/mol. The van der Waals surface area contributed by atoms with Gasteiger partial charge in [-0.3, -0.25) is 4.79 Å². The molecule has 0 fully saturated rings. The van der Waals surface area contributed by atoms with E-state index in [1.165, 1.54) is 30.5 Å². The number of carbonyl (C=O) groups excluding carboxylic acids is 1. The van der Waals surface area contributed by atoms with E-state index in [0.29, 0.717) is 0 Å². The van der Waals surface area contributed by atoms with Crippen molar-refractivity contribution in [3.8, 4) is 0 Å². The number of benzene rings is 1. The molecule has 0 bridgehead atoms. The summed E-state index contributed by atoms with van der Waals surface area (Å²) in [6, 6.07) is 6.24. The Kier molecular flexibility index (Phi) is 4.71. The van der Waals surface area contributed by atoms with Gasteiger partial charge in [0.15, 0.2) is 5.76 Å². The molecular weight excluding hydrogens is 301 g/mol. The van der Waals surface area contributed by atoms with E-state index in [1.54, 1.807) is 0 Å². The van der Waals surface area contributed by atoms with Gasteiger partial charge in [0.2, 0.25) is 0 Å². The van der Waals surface area contributed by atoms with Gasteiger partial charge in [0.05, 0.1) is 18.4 Å². The van der Waals surface area contributed by atoms with E-state index in [-0.39, 0.29) is 30.3 Å². The Balaban J connectivity index is 2.24. The Hall–Kier alpha value is -2.48. The van der Waals surface area contributed by atoms with Gasteiger partial charge in [-0.05, 0) is 30.3 Å². The van der Waals surface area contributed by atoms with Crippen LogP contribution in [0.15, 0.2) is 41.0 Å². The Morgan fingerprint density at radius 3 is 2.64 bits per heavy atom. The van der Waals surface area contributed by atoms with Crippen molar-refractivity contribution in [1.29, 1.82) is 0 Å². The van der Waals surface area contributed by atoms with Crippen LogP contribution in [0.3, 0.4) is 0 Å². The van der Waals surface area contributed by atoms with Gasteiger partial charge < -0.3 is 20.2 Å². The first-order chi connectivity index (χ1) is 10.4. The van der Waals surface area contributed by atoms with Gasteiger partial charge >= 0.3 is 6.18 Å². The van der Waals surface area contributed by atoms with E-state index in [4.69, 9.17) is 9.52 Å². The average molecular weight is 314 g/mol. The smallest absolute Gasteiger partial charge is 0.418 e. The predicted octanol–water partition coefficient (Wildman–Crippen LogP) is 2.95. The number of halogens is 3. The number of furan rings is 1. The maximum atomic E-state index is 13.0. The van der Waals surface area contributed by atoms with Crippen LogP contribution in [0.5, 0.6) is 0 Å². The lowest BCUT2D eigenvalue weighted by atomic mass is 10.1. The molecule has 1 aromatic heterocycles. The van der Waals surface area contributed by atoms with E-state index in [2.05, 4.69) is 10.6 Å². The molecule has 118 valence electrons. The number of alkyl halides is 3. The second-order valence-electron chi connectivity index (χ2n) is 4.34. The molecular formula is C14H13F3N2O3. The summed E-state index contributed by atoms with van der Waals surface area (Å²) in [5, 5.41) is 13.5. The summed E-state index contributed by atoms with van der Waals surface area (Å²) in [4.78, 5) is 11.8. The Morgan fingerprint density at radius 2 is 2.05 bits per heavy atom. The van der Waals surface area contributed by atoms with Gasteiger partial charge in [-0.15, -0.1) is 0 Å². The number of carbonyl (C=O) groups is 1. The summed E-state index contributed by atoms with van der Waals surface area (Å²) in [5.74, 6) is -0.648. The molecule has 0 atom stereocenters. The molecule has 22 heavy (non-hydrogen) atoms. The third kappa shape index (κ3) is 3.79. The number of hydrogen-bond donors (Lipinski definition) is 3. The van der Waals surface area contributed by atoms with Gasteiger partial charge in [0.25, 0.3) is 5.91 Å². The Labute approximate surface area is 123 Å². The first kappa shape index (κ1) is 15.9. The minimum absolute atomic E-state index is 0.00367. The van der Waals surface area contributed by atoms with E-state index in [1.807, 2.05) is 0 Å². The highest BCUT2D eigenvalue weighted by molar-refractivity contribution is 6.02. The lowest BCUT2D eigenvalue weighted by molar-refractivity contribution is -0.136. The molecule has 0 saturated heterocycles. The fourth-order valence-electron chi connectivity index (χ4n) is 1.80. The molecule has 3 N–H and O–H groups in total. The highest BCUT2D eigenvalue weighted by Crippen LogP contribution is 2.36. The summed E-state index contributed by atoms with van der Waals surface area (Å²) in [6.07, 6.45) is -3.30. The highest BCUT2D eigenvalue weighted by Gasteiger charge is 2.34. The van der Waals surface area contributed by atoms with Crippen LogP contribution in [0.25, 0.3) is 0 Å². The van der Waals surface area contributed by atoms with E-state index in [0.717, 1.165) is 6.07 Å². The fraction of sp³-hybridized carbons (Fsp3) is 0.214. The van der Waals surface area contributed by atoms with Crippen LogP contribution in [0.1, 0.15) is 16.1 Å². The molecule has 2 rings (SSSR count). The summed E-state index contributed by atoms with van der Waals surface area (Å²) in [6.45, 7) is -0.310. The Bertz CT molecular complexity index is 639. The number of aliphatic hydroxyl groups is 1. The predicted molar refractivity (Wildman–Crippen MR) is 73.7 cm³/mol. The van der Waals surface area contributed by atoms with Gasteiger partial charge in [-0.25, -0.2) is 0 Å². The van der Waals surface area contributed by atoms with Crippen molar-refractivity contribution < 1.29 is 27.5 Å². The molecule has 0 aliphatic carbocycles. The number of hydrogen-bond acceptors (Lipinski definition) is 4. The van der Waals surface area contributed by atoms with Crippen LogP contribution in [0.2, 0.25) is 0 Å². The molecule has 5 nitrogen and oxygen atoms in total. The molecule has 0 aliphatic heterocycles. The molecule has 0 aliphatic rings. The largest absolute Gasteiger partial charge is 0.459 e. The molecule has 2 aromatic rings. The van der Waals surface area contributed by atoms with Crippen LogP contribution in [0, 0.1) is 0 Å². The van der Waals surface area contributed by atoms with E-state index in [9.17, 15) is 18.0 Å². The Morgan fingerprint density at radius 1 is 1.27 bits per heavy atom. The molecule has 1 amide bonds. The van der Waals surface area contributed by atoms with Crippen molar-refractivity contribution in [2.24, 2.45) is 0 Å². The zero-order valence-electron chi connectivity index (χ0n) is 11.3. The summed E-state index contributed by atoms with van der Waals surface area (Å²) in [5.41, 5.74) is -1.11. The van der Waals surface area contributed by atoms with Crippen molar-refractivity contribution in [3.05, 3.63) is 47.9 Å². The SMILES string of the molecule is O=C(Nc1ccc(NCCO)c(C(F)(F)F)c1)c1ccco1. The summed E-state index contributed by atoms with van der Waals surface area (Å²) < 4.78 is 44.0. The van der Waals surface area contributed by atoms with Gasteiger partial charge in [-0.2, -0.15) is 13.2 Å². The van der Waals surface area contributed by atoms with Crippen molar-refractivity contribution in [2.45, 2.75) is 6.18 Å². The number of nitrogens with one attached hydrogen (secondary N) is 2. The second-order valence-corrected chi connectivity index (χ2v) is 4.34. The number of aliphatic hydroxyl groups excluding tert-OH is 1. The third-order valence-electron chi connectivity index (χ3n) is 2.76. The van der Waals surface area contributed by atoms with Gasteiger partial charge in [0, 0.05) is 17.9 Å². The van der Waals surface area contributed by atoms with Crippen LogP contribution in [-0.4, -0.2) is 24.2 Å². The highest BCUT2D eigenvalue weighted by atomic mass is 19.4. The molecule has 0 unspecified atom stereocenters. The van der Waals surface area contributed by atoms with Gasteiger partial charge in [-0.1, -0.05) is 0 Å². The lowest BCUT2D eigenvalue weighted by Crippen LogP contribution is -2.15. The number of rotatable bonds is 5. The zero-order valence-corrected chi connectivity index (χ0v) is 11.3. The quantitative estimate of drug-likeness (QED) is 0.793. The van der Waals surface area contributed by atoms with Crippen LogP contribution in [-0.2, 0) is 6.18 Å². The van der Waals surface area contributed by atoms with Crippen molar-refractivity contribution in [3.63, 3.8) is 0 Å². The number of amides is 1. The van der Waals surface area contributed by atoms with Gasteiger partial charge in [0.1, 0.15) is 0 Å². The van der Waals surface area contributed by atoms with E-state index >= 15 is 0 Å². The summed E-state index contributed by atoms with van der Waals surface area (Å²) in [7, 11) is 0. The molecule has 8 heteroatoms. The van der Waals surface area contributed by atoms with Crippen LogP contribution >= 0.6 is 0 Å². The lowest BCUT2D eigenvalue weighted by Gasteiger charge is -2.15. The number of anilines is 2. The fourth-order valence-corrected chi connectivity index (χ4v) is 1.80. The second kappa shape index (κ2) is 6.52. The zero-order chi connectivity index (χ0) is 16.2.